The molecule has 7 nitrogen and oxygen atoms in total. The van der Waals surface area contributed by atoms with Gasteiger partial charge in [0.05, 0.1) is 12.8 Å². The molecule has 3 aromatic rings. The van der Waals surface area contributed by atoms with Crippen molar-refractivity contribution in [1.82, 2.24) is 20.5 Å². The molecule has 0 fully saturated rings. The number of aliphatic imine (C=N–C) groups is 1. The van der Waals surface area contributed by atoms with Gasteiger partial charge in [0.2, 0.25) is 11.9 Å². The average molecular weight is 427 g/mol. The lowest BCUT2D eigenvalue weighted by atomic mass is 10.1. The van der Waals surface area contributed by atoms with Gasteiger partial charge in [-0.2, -0.15) is 10.2 Å². The molecule has 146 valence electrons. The summed E-state index contributed by atoms with van der Waals surface area (Å²) in [7, 11) is 0. The standard InChI is InChI=1S/C20H16Cl2N6O/c21-16-7-6-14(17(22)8-16)11-28-12-15(9-24-26-20-23-10-18(29)25-20)19(27-28)13-4-2-1-3-5-13/h1-9,12H,10-11H2,(H2,23,25,26,29). The van der Waals surface area contributed by atoms with Crippen LogP contribution < -0.4 is 10.7 Å². The third-order valence-corrected chi connectivity index (χ3v) is 4.78. The Morgan fingerprint density at radius 3 is 2.76 bits per heavy atom. The summed E-state index contributed by atoms with van der Waals surface area (Å²) in [5.41, 5.74) is 6.17. The number of nitrogens with one attached hydrogen (secondary N) is 2. The normalized spacial score (nSPS) is 13.6. The molecule has 9 heteroatoms. The minimum absolute atomic E-state index is 0.104. The van der Waals surface area contributed by atoms with Crippen LogP contribution in [0.3, 0.4) is 0 Å². The number of amides is 1. The van der Waals surface area contributed by atoms with E-state index < -0.39 is 0 Å². The maximum absolute atomic E-state index is 11.2. The molecule has 0 atom stereocenters. The zero-order valence-electron chi connectivity index (χ0n) is 15.1. The van der Waals surface area contributed by atoms with E-state index in [4.69, 9.17) is 28.3 Å². The van der Waals surface area contributed by atoms with Crippen molar-refractivity contribution < 1.29 is 4.79 Å². The third-order valence-electron chi connectivity index (χ3n) is 4.20. The van der Waals surface area contributed by atoms with E-state index in [2.05, 4.69) is 20.8 Å². The van der Waals surface area contributed by atoms with Gasteiger partial charge in [-0.25, -0.2) is 10.4 Å². The molecule has 1 amide bonds. The maximum atomic E-state index is 11.2. The van der Waals surface area contributed by atoms with E-state index in [9.17, 15) is 4.79 Å². The topological polar surface area (TPSA) is 83.7 Å². The number of hydrazone groups is 1. The van der Waals surface area contributed by atoms with Crippen LogP contribution in [0.25, 0.3) is 11.3 Å². The summed E-state index contributed by atoms with van der Waals surface area (Å²) in [6, 6.07) is 15.2. The summed E-state index contributed by atoms with van der Waals surface area (Å²) in [5, 5.41) is 12.6. The Morgan fingerprint density at radius 1 is 1.21 bits per heavy atom. The summed E-state index contributed by atoms with van der Waals surface area (Å²) >= 11 is 12.3. The van der Waals surface area contributed by atoms with E-state index >= 15 is 0 Å². The minimum atomic E-state index is -0.166. The maximum Gasteiger partial charge on any atom is 0.248 e. The zero-order chi connectivity index (χ0) is 20.2. The van der Waals surface area contributed by atoms with Crippen molar-refractivity contribution in [2.45, 2.75) is 6.54 Å². The van der Waals surface area contributed by atoms with E-state index in [1.54, 1.807) is 23.0 Å². The third kappa shape index (κ3) is 4.64. The average Bonchev–Trinajstić information content (AvgIpc) is 3.31. The molecule has 0 aliphatic carbocycles. The molecule has 29 heavy (non-hydrogen) atoms. The van der Waals surface area contributed by atoms with E-state index in [0.29, 0.717) is 22.5 Å². The second-order valence-electron chi connectivity index (χ2n) is 6.32. The first-order valence-electron chi connectivity index (χ1n) is 8.78. The van der Waals surface area contributed by atoms with E-state index in [1.807, 2.05) is 42.6 Å². The van der Waals surface area contributed by atoms with E-state index in [0.717, 1.165) is 22.4 Å². The number of benzene rings is 2. The molecule has 0 unspecified atom stereocenters. The lowest BCUT2D eigenvalue weighted by molar-refractivity contribution is -0.117. The molecule has 0 radical (unpaired) electrons. The van der Waals surface area contributed by atoms with Gasteiger partial charge < -0.3 is 0 Å². The fourth-order valence-corrected chi connectivity index (χ4v) is 3.31. The number of nitrogens with zero attached hydrogens (tertiary/aromatic N) is 4. The number of guanidine groups is 1. The van der Waals surface area contributed by atoms with Crippen LogP contribution in [0.15, 0.2) is 64.8 Å². The summed E-state index contributed by atoms with van der Waals surface area (Å²) in [6.07, 6.45) is 3.52. The second-order valence-corrected chi connectivity index (χ2v) is 7.16. The van der Waals surface area contributed by atoms with Crippen molar-refractivity contribution >= 4 is 41.3 Å². The molecule has 1 aliphatic rings. The predicted molar refractivity (Wildman–Crippen MR) is 114 cm³/mol. The lowest BCUT2D eigenvalue weighted by Crippen LogP contribution is -2.33. The molecular formula is C20H16Cl2N6O. The van der Waals surface area contributed by atoms with Crippen LogP contribution in [0.1, 0.15) is 11.1 Å². The van der Waals surface area contributed by atoms with Gasteiger partial charge in [-0.05, 0) is 17.7 Å². The summed E-state index contributed by atoms with van der Waals surface area (Å²) in [6.45, 7) is 0.590. The van der Waals surface area contributed by atoms with Crippen molar-refractivity contribution in [3.8, 4) is 11.3 Å². The van der Waals surface area contributed by atoms with Gasteiger partial charge in [0, 0.05) is 27.4 Å². The Bertz CT molecular complexity index is 1110. The van der Waals surface area contributed by atoms with Gasteiger partial charge in [-0.1, -0.05) is 59.6 Å². The molecule has 0 saturated heterocycles. The molecule has 0 spiro atoms. The van der Waals surface area contributed by atoms with Crippen molar-refractivity contribution in [1.29, 1.82) is 0 Å². The number of hydrogen-bond donors (Lipinski definition) is 2. The molecule has 2 heterocycles. The van der Waals surface area contributed by atoms with Crippen LogP contribution in [0.5, 0.6) is 0 Å². The molecule has 2 aromatic carbocycles. The van der Waals surface area contributed by atoms with Crippen LogP contribution >= 0.6 is 23.2 Å². The Balaban J connectivity index is 1.61. The first kappa shape index (κ1) is 19.2. The van der Waals surface area contributed by atoms with Gasteiger partial charge in [-0.15, -0.1) is 0 Å². The summed E-state index contributed by atoms with van der Waals surface area (Å²) < 4.78 is 1.80. The molecule has 1 aliphatic heterocycles. The molecule has 0 bridgehead atoms. The van der Waals surface area contributed by atoms with Crippen LogP contribution in [-0.4, -0.2) is 34.4 Å². The first-order chi connectivity index (χ1) is 14.1. The van der Waals surface area contributed by atoms with E-state index in [1.165, 1.54) is 0 Å². The highest BCUT2D eigenvalue weighted by Crippen LogP contribution is 2.24. The number of hydrogen-bond acceptors (Lipinski definition) is 5. The molecule has 4 rings (SSSR count). The number of carbonyl (C=O) groups excluding carboxylic acids is 1. The Hall–Kier alpha value is -3.16. The monoisotopic (exact) mass is 426 g/mol. The number of halogens is 2. The fourth-order valence-electron chi connectivity index (χ4n) is 2.85. The highest BCUT2D eigenvalue weighted by molar-refractivity contribution is 6.35. The van der Waals surface area contributed by atoms with Gasteiger partial charge in [-0.3, -0.25) is 14.8 Å². The Morgan fingerprint density at radius 2 is 2.03 bits per heavy atom. The van der Waals surface area contributed by atoms with Gasteiger partial charge in [0.15, 0.2) is 0 Å². The smallest absolute Gasteiger partial charge is 0.248 e. The lowest BCUT2D eigenvalue weighted by Gasteiger charge is -2.05. The van der Waals surface area contributed by atoms with Crippen LogP contribution in [0.2, 0.25) is 10.0 Å². The van der Waals surface area contributed by atoms with Crippen LogP contribution in [0.4, 0.5) is 0 Å². The Labute approximate surface area is 177 Å². The fraction of sp³-hybridized carbons (Fsp3) is 0.100. The molecule has 2 N–H and O–H groups in total. The predicted octanol–water partition coefficient (Wildman–Crippen LogP) is 3.31. The van der Waals surface area contributed by atoms with Gasteiger partial charge in [0.25, 0.3) is 0 Å². The van der Waals surface area contributed by atoms with Crippen molar-refractivity contribution in [2.75, 3.05) is 6.54 Å². The second kappa shape index (κ2) is 8.46. The summed E-state index contributed by atoms with van der Waals surface area (Å²) in [5.74, 6) is 0.160. The number of rotatable bonds is 5. The SMILES string of the molecule is O=C1CN=C(NN=Cc2cn(Cc3ccc(Cl)cc3Cl)nc2-c2ccccc2)N1. The quantitative estimate of drug-likeness (QED) is 0.484. The van der Waals surface area contributed by atoms with Crippen LogP contribution in [-0.2, 0) is 11.3 Å². The number of carbonyl (C=O) groups is 1. The molecule has 0 saturated carbocycles. The van der Waals surface area contributed by atoms with Gasteiger partial charge >= 0.3 is 0 Å². The largest absolute Gasteiger partial charge is 0.294 e. The zero-order valence-corrected chi connectivity index (χ0v) is 16.7. The number of aromatic nitrogens is 2. The van der Waals surface area contributed by atoms with Crippen molar-refractivity contribution in [3.05, 3.63) is 75.9 Å². The minimum Gasteiger partial charge on any atom is -0.294 e. The first-order valence-corrected chi connectivity index (χ1v) is 9.54. The van der Waals surface area contributed by atoms with E-state index in [-0.39, 0.29) is 12.5 Å². The van der Waals surface area contributed by atoms with Crippen molar-refractivity contribution in [3.63, 3.8) is 0 Å². The van der Waals surface area contributed by atoms with Crippen LogP contribution in [0, 0.1) is 0 Å². The van der Waals surface area contributed by atoms with Crippen molar-refractivity contribution in [2.24, 2.45) is 10.1 Å². The molecule has 1 aromatic heterocycles. The van der Waals surface area contributed by atoms with Gasteiger partial charge in [0.1, 0.15) is 12.2 Å². The highest BCUT2D eigenvalue weighted by atomic mass is 35.5. The molecular weight excluding hydrogens is 411 g/mol. The highest BCUT2D eigenvalue weighted by Gasteiger charge is 2.13. The Kier molecular flexibility index (Phi) is 5.59. The summed E-state index contributed by atoms with van der Waals surface area (Å²) in [4.78, 5) is 15.2.